The summed E-state index contributed by atoms with van der Waals surface area (Å²) in [6, 6.07) is 10.5. The van der Waals surface area contributed by atoms with E-state index in [9.17, 15) is 18.0 Å². The van der Waals surface area contributed by atoms with Crippen LogP contribution < -0.4 is 5.32 Å². The Bertz CT molecular complexity index is 701. The molecule has 0 saturated heterocycles. The first kappa shape index (κ1) is 16.5. The van der Waals surface area contributed by atoms with Crippen molar-refractivity contribution in [3.8, 4) is 11.3 Å². The zero-order valence-electron chi connectivity index (χ0n) is 11.5. The van der Waals surface area contributed by atoms with Crippen LogP contribution in [-0.4, -0.2) is 23.6 Å². The topological polar surface area (TPSA) is 42.0 Å². The molecular weight excluding hydrogens is 361 g/mol. The van der Waals surface area contributed by atoms with Gasteiger partial charge in [0.1, 0.15) is 6.54 Å². The summed E-state index contributed by atoms with van der Waals surface area (Å²) in [4.78, 5) is 16.0. The standard InChI is InChI=1S/C15H12BrF3N2O/c1-9-12(14(22)20-8-15(17,18)19)5-6-13(21-9)10-3-2-4-11(16)7-10/h2-7H,8H2,1H3,(H,20,22). The Morgan fingerprint density at radius 2 is 2.00 bits per heavy atom. The maximum Gasteiger partial charge on any atom is 0.405 e. The molecule has 1 amide bonds. The Morgan fingerprint density at radius 3 is 2.59 bits per heavy atom. The van der Waals surface area contributed by atoms with E-state index in [0.717, 1.165) is 10.0 Å². The molecule has 116 valence electrons. The van der Waals surface area contributed by atoms with E-state index in [2.05, 4.69) is 20.9 Å². The number of carbonyl (C=O) groups is 1. The van der Waals surface area contributed by atoms with Crippen molar-refractivity contribution in [2.24, 2.45) is 0 Å². The summed E-state index contributed by atoms with van der Waals surface area (Å²) >= 11 is 3.36. The number of aryl methyl sites for hydroxylation is 1. The van der Waals surface area contributed by atoms with Crippen LogP contribution in [0.3, 0.4) is 0 Å². The number of nitrogens with one attached hydrogen (secondary N) is 1. The molecule has 2 aromatic rings. The Kier molecular flexibility index (Phi) is 4.85. The fourth-order valence-corrected chi connectivity index (χ4v) is 2.28. The lowest BCUT2D eigenvalue weighted by atomic mass is 10.1. The third kappa shape index (κ3) is 4.30. The lowest BCUT2D eigenvalue weighted by Gasteiger charge is -2.10. The van der Waals surface area contributed by atoms with Crippen molar-refractivity contribution >= 4 is 21.8 Å². The van der Waals surface area contributed by atoms with Crippen LogP contribution in [0.5, 0.6) is 0 Å². The highest BCUT2D eigenvalue weighted by molar-refractivity contribution is 9.10. The van der Waals surface area contributed by atoms with Gasteiger partial charge in [-0.25, -0.2) is 0 Å². The molecule has 2 rings (SSSR count). The van der Waals surface area contributed by atoms with Gasteiger partial charge >= 0.3 is 6.18 Å². The zero-order valence-corrected chi connectivity index (χ0v) is 13.1. The molecule has 0 bridgehead atoms. The molecule has 0 fully saturated rings. The Morgan fingerprint density at radius 1 is 1.27 bits per heavy atom. The molecular formula is C15H12BrF3N2O. The van der Waals surface area contributed by atoms with Gasteiger partial charge < -0.3 is 5.32 Å². The van der Waals surface area contributed by atoms with Crippen LogP contribution >= 0.6 is 15.9 Å². The van der Waals surface area contributed by atoms with Crippen LogP contribution in [0.15, 0.2) is 40.9 Å². The number of hydrogen-bond donors (Lipinski definition) is 1. The van der Waals surface area contributed by atoms with E-state index in [1.54, 1.807) is 13.0 Å². The van der Waals surface area contributed by atoms with Gasteiger partial charge in [0.05, 0.1) is 17.0 Å². The van der Waals surface area contributed by atoms with Crippen LogP contribution in [0, 0.1) is 6.92 Å². The number of rotatable bonds is 3. The molecule has 0 spiro atoms. The first-order valence-electron chi connectivity index (χ1n) is 6.35. The van der Waals surface area contributed by atoms with Crippen LogP contribution in [0.4, 0.5) is 13.2 Å². The van der Waals surface area contributed by atoms with Gasteiger partial charge in [-0.3, -0.25) is 9.78 Å². The maximum atomic E-state index is 12.1. The highest BCUT2D eigenvalue weighted by Crippen LogP contribution is 2.22. The second kappa shape index (κ2) is 6.48. The van der Waals surface area contributed by atoms with Crippen molar-refractivity contribution in [1.82, 2.24) is 10.3 Å². The van der Waals surface area contributed by atoms with Crippen molar-refractivity contribution in [2.45, 2.75) is 13.1 Å². The number of halogens is 4. The van der Waals surface area contributed by atoms with Crippen molar-refractivity contribution < 1.29 is 18.0 Å². The van der Waals surface area contributed by atoms with E-state index in [1.165, 1.54) is 6.07 Å². The summed E-state index contributed by atoms with van der Waals surface area (Å²) in [6.45, 7) is 0.225. The van der Waals surface area contributed by atoms with E-state index >= 15 is 0 Å². The summed E-state index contributed by atoms with van der Waals surface area (Å²) in [5, 5.41) is 1.84. The predicted molar refractivity (Wildman–Crippen MR) is 80.5 cm³/mol. The van der Waals surface area contributed by atoms with Gasteiger partial charge in [0.15, 0.2) is 0 Å². The van der Waals surface area contributed by atoms with Gasteiger partial charge in [-0.05, 0) is 31.2 Å². The molecule has 0 saturated carbocycles. The fourth-order valence-electron chi connectivity index (χ4n) is 1.89. The third-order valence-corrected chi connectivity index (χ3v) is 3.39. The molecule has 0 aliphatic carbocycles. The number of benzene rings is 1. The molecule has 7 heteroatoms. The number of amides is 1. The average Bonchev–Trinajstić information content (AvgIpc) is 2.44. The molecule has 0 aliphatic rings. The molecule has 0 atom stereocenters. The van der Waals surface area contributed by atoms with E-state index in [-0.39, 0.29) is 5.56 Å². The quantitative estimate of drug-likeness (QED) is 0.880. The normalized spacial score (nSPS) is 11.3. The van der Waals surface area contributed by atoms with E-state index in [1.807, 2.05) is 29.6 Å². The van der Waals surface area contributed by atoms with Gasteiger partial charge in [-0.15, -0.1) is 0 Å². The summed E-state index contributed by atoms with van der Waals surface area (Å²) in [5.41, 5.74) is 1.99. The Hall–Kier alpha value is -1.89. The Balaban J connectivity index is 2.21. The summed E-state index contributed by atoms with van der Waals surface area (Å²) in [6.07, 6.45) is -4.44. The minimum atomic E-state index is -4.44. The maximum absolute atomic E-state index is 12.1. The number of hydrogen-bond acceptors (Lipinski definition) is 2. The van der Waals surface area contributed by atoms with Crippen molar-refractivity contribution in [3.05, 3.63) is 52.1 Å². The SMILES string of the molecule is Cc1nc(-c2cccc(Br)c2)ccc1C(=O)NCC(F)(F)F. The molecule has 3 nitrogen and oxygen atoms in total. The van der Waals surface area contributed by atoms with Gasteiger partial charge in [0, 0.05) is 10.0 Å². The summed E-state index contributed by atoms with van der Waals surface area (Å²) < 4.78 is 37.2. The van der Waals surface area contributed by atoms with Crippen LogP contribution in [-0.2, 0) is 0 Å². The van der Waals surface area contributed by atoms with Crippen molar-refractivity contribution in [3.63, 3.8) is 0 Å². The molecule has 1 heterocycles. The van der Waals surface area contributed by atoms with Gasteiger partial charge in [-0.1, -0.05) is 28.1 Å². The molecule has 1 N–H and O–H groups in total. The van der Waals surface area contributed by atoms with Crippen LogP contribution in [0.2, 0.25) is 0 Å². The molecule has 0 unspecified atom stereocenters. The third-order valence-electron chi connectivity index (χ3n) is 2.90. The summed E-state index contributed by atoms with van der Waals surface area (Å²) in [7, 11) is 0. The zero-order chi connectivity index (χ0) is 16.3. The van der Waals surface area contributed by atoms with Gasteiger partial charge in [0.2, 0.25) is 0 Å². The minimum absolute atomic E-state index is 0.128. The number of pyridine rings is 1. The van der Waals surface area contributed by atoms with E-state index < -0.39 is 18.6 Å². The minimum Gasteiger partial charge on any atom is -0.343 e. The van der Waals surface area contributed by atoms with Crippen molar-refractivity contribution in [2.75, 3.05) is 6.54 Å². The molecule has 1 aromatic carbocycles. The molecule has 1 aromatic heterocycles. The first-order valence-corrected chi connectivity index (χ1v) is 7.14. The van der Waals surface area contributed by atoms with Crippen LogP contribution in [0.25, 0.3) is 11.3 Å². The summed E-state index contributed by atoms with van der Waals surface area (Å²) in [5.74, 6) is -0.789. The van der Waals surface area contributed by atoms with Gasteiger partial charge in [0.25, 0.3) is 5.91 Å². The largest absolute Gasteiger partial charge is 0.405 e. The lowest BCUT2D eigenvalue weighted by Crippen LogP contribution is -2.34. The number of nitrogens with zero attached hydrogens (tertiary/aromatic N) is 1. The Labute approximate surface area is 133 Å². The highest BCUT2D eigenvalue weighted by atomic mass is 79.9. The molecule has 0 radical (unpaired) electrons. The average molecular weight is 373 g/mol. The van der Waals surface area contributed by atoms with E-state index in [0.29, 0.717) is 11.4 Å². The lowest BCUT2D eigenvalue weighted by molar-refractivity contribution is -0.123. The number of carbonyl (C=O) groups excluding carboxylic acids is 1. The van der Waals surface area contributed by atoms with E-state index in [4.69, 9.17) is 0 Å². The predicted octanol–water partition coefficient (Wildman–Crippen LogP) is 4.11. The smallest absolute Gasteiger partial charge is 0.343 e. The van der Waals surface area contributed by atoms with Crippen molar-refractivity contribution in [1.29, 1.82) is 0 Å². The number of alkyl halides is 3. The second-order valence-corrected chi connectivity index (χ2v) is 5.55. The number of aromatic nitrogens is 1. The molecule has 22 heavy (non-hydrogen) atoms. The van der Waals surface area contributed by atoms with Gasteiger partial charge in [-0.2, -0.15) is 13.2 Å². The first-order chi connectivity index (χ1) is 10.3. The fraction of sp³-hybridized carbons (Fsp3) is 0.200. The molecule has 0 aliphatic heterocycles. The second-order valence-electron chi connectivity index (χ2n) is 4.64. The monoisotopic (exact) mass is 372 g/mol. The van der Waals surface area contributed by atoms with Crippen LogP contribution in [0.1, 0.15) is 16.1 Å². The highest BCUT2D eigenvalue weighted by Gasteiger charge is 2.28.